The van der Waals surface area contributed by atoms with Gasteiger partial charge in [0.25, 0.3) is 5.91 Å². The number of fused-ring (bicyclic) bond motifs is 1. The molecule has 1 atom stereocenters. The number of rotatable bonds is 7. The Labute approximate surface area is 225 Å². The van der Waals surface area contributed by atoms with E-state index in [2.05, 4.69) is 9.88 Å². The van der Waals surface area contributed by atoms with Crippen LogP contribution in [0, 0.1) is 11.7 Å². The number of hydrogen-bond acceptors (Lipinski definition) is 5. The van der Waals surface area contributed by atoms with Crippen LogP contribution < -0.4 is 9.64 Å². The molecule has 0 radical (unpaired) electrons. The van der Waals surface area contributed by atoms with Crippen LogP contribution in [0.15, 0.2) is 60.9 Å². The van der Waals surface area contributed by atoms with Gasteiger partial charge in [-0.15, -0.1) is 0 Å². The standard InChI is InChI=1S/C29H29ClFN3O4/c30-26-5-3-21(31)17-25(26)28(35)34(27-6-2-20-1-4-23(18-24(20)27)38-29(36)37)16-11-19-9-14-33(15-10-19)22-7-12-32-13-8-22/h1,3-5,7-8,12-13,17-19,27H,2,6,9-11,14-16H2,(H,36,37). The number of halogens is 2. The topological polar surface area (TPSA) is 83.0 Å². The lowest BCUT2D eigenvalue weighted by Crippen LogP contribution is -2.38. The minimum Gasteiger partial charge on any atom is -0.449 e. The van der Waals surface area contributed by atoms with E-state index >= 15 is 0 Å². The molecule has 0 saturated carbocycles. The Morgan fingerprint density at radius 1 is 1.08 bits per heavy atom. The number of carbonyl (C=O) groups excluding carboxylic acids is 1. The molecule has 3 aromatic rings. The normalized spacial score (nSPS) is 17.2. The molecule has 5 rings (SSSR count). The summed E-state index contributed by atoms with van der Waals surface area (Å²) in [5, 5.41) is 9.26. The average molecular weight is 538 g/mol. The van der Waals surface area contributed by atoms with Crippen molar-refractivity contribution in [2.75, 3.05) is 24.5 Å². The number of hydrogen-bond donors (Lipinski definition) is 1. The second kappa shape index (κ2) is 11.4. The molecule has 38 heavy (non-hydrogen) atoms. The minimum absolute atomic E-state index is 0.130. The molecule has 1 aromatic heterocycles. The van der Waals surface area contributed by atoms with Gasteiger partial charge in [0.05, 0.1) is 16.6 Å². The number of pyridine rings is 1. The van der Waals surface area contributed by atoms with E-state index in [9.17, 15) is 14.0 Å². The third-order valence-electron chi connectivity index (χ3n) is 7.59. The van der Waals surface area contributed by atoms with Crippen molar-refractivity contribution in [3.05, 3.63) is 88.5 Å². The first-order valence-corrected chi connectivity index (χ1v) is 13.2. The van der Waals surface area contributed by atoms with Gasteiger partial charge in [0.2, 0.25) is 0 Å². The van der Waals surface area contributed by atoms with Crippen molar-refractivity contribution < 1.29 is 23.8 Å². The van der Waals surface area contributed by atoms with Crippen LogP contribution in [0.1, 0.15) is 53.2 Å². The van der Waals surface area contributed by atoms with E-state index in [-0.39, 0.29) is 28.3 Å². The zero-order valence-electron chi connectivity index (χ0n) is 20.9. The first-order valence-electron chi connectivity index (χ1n) is 12.8. The molecular formula is C29H29ClFN3O4. The first-order chi connectivity index (χ1) is 18.4. The molecular weight excluding hydrogens is 509 g/mol. The Balaban J connectivity index is 1.35. The first kappa shape index (κ1) is 26.0. The van der Waals surface area contributed by atoms with Crippen LogP contribution in [0.4, 0.5) is 14.9 Å². The fourth-order valence-corrected chi connectivity index (χ4v) is 5.82. The predicted molar refractivity (Wildman–Crippen MR) is 142 cm³/mol. The van der Waals surface area contributed by atoms with E-state index in [1.54, 1.807) is 29.4 Å². The number of carbonyl (C=O) groups is 2. The second-order valence-corrected chi connectivity index (χ2v) is 10.2. The maximum Gasteiger partial charge on any atom is 0.511 e. The third-order valence-corrected chi connectivity index (χ3v) is 7.91. The number of piperidine rings is 1. The number of aromatic nitrogens is 1. The molecule has 198 valence electrons. The van der Waals surface area contributed by atoms with E-state index in [1.807, 2.05) is 18.2 Å². The Morgan fingerprint density at radius 2 is 1.84 bits per heavy atom. The van der Waals surface area contributed by atoms with Crippen molar-refractivity contribution in [3.63, 3.8) is 0 Å². The molecule has 1 N–H and O–H groups in total. The van der Waals surface area contributed by atoms with Crippen molar-refractivity contribution in [2.45, 2.75) is 38.1 Å². The lowest BCUT2D eigenvalue weighted by atomic mass is 9.92. The van der Waals surface area contributed by atoms with Crippen molar-refractivity contribution >= 4 is 29.4 Å². The number of anilines is 1. The monoisotopic (exact) mass is 537 g/mol. The number of benzene rings is 2. The van der Waals surface area contributed by atoms with Gasteiger partial charge < -0.3 is 19.6 Å². The maximum atomic E-state index is 14.1. The van der Waals surface area contributed by atoms with Crippen LogP contribution in [-0.4, -0.2) is 46.7 Å². The summed E-state index contributed by atoms with van der Waals surface area (Å²) in [5.74, 6) is -0.201. The number of carboxylic acid groups (broad SMARTS) is 1. The maximum absolute atomic E-state index is 14.1. The Bertz CT molecular complexity index is 1310. The summed E-state index contributed by atoms with van der Waals surface area (Å²) in [4.78, 5) is 33.1. The zero-order chi connectivity index (χ0) is 26.6. The lowest BCUT2D eigenvalue weighted by Gasteiger charge is -2.36. The van der Waals surface area contributed by atoms with Crippen LogP contribution in [-0.2, 0) is 6.42 Å². The molecule has 9 heteroatoms. The quantitative estimate of drug-likeness (QED) is 0.278. The summed E-state index contributed by atoms with van der Waals surface area (Å²) < 4.78 is 19.0. The molecule has 1 unspecified atom stereocenters. The van der Waals surface area contributed by atoms with Crippen LogP contribution in [0.25, 0.3) is 0 Å². The average Bonchev–Trinajstić information content (AvgIpc) is 3.33. The van der Waals surface area contributed by atoms with Crippen LogP contribution in [0.5, 0.6) is 5.75 Å². The van der Waals surface area contributed by atoms with E-state index in [4.69, 9.17) is 21.4 Å². The zero-order valence-corrected chi connectivity index (χ0v) is 21.6. The van der Waals surface area contributed by atoms with E-state index < -0.39 is 12.0 Å². The fourth-order valence-electron chi connectivity index (χ4n) is 5.62. The molecule has 1 fully saturated rings. The van der Waals surface area contributed by atoms with Gasteiger partial charge in [-0.05, 0) is 91.6 Å². The number of nitrogens with zero attached hydrogens (tertiary/aromatic N) is 3. The van der Waals surface area contributed by atoms with Gasteiger partial charge in [0.1, 0.15) is 11.6 Å². The SMILES string of the molecule is O=C(O)Oc1ccc2c(c1)C(N(CCC1CCN(c3ccncc3)CC1)C(=O)c1cc(F)ccc1Cl)CC2. The fraction of sp³-hybridized carbons (Fsp3) is 0.345. The molecule has 1 saturated heterocycles. The van der Waals surface area contributed by atoms with E-state index in [0.717, 1.165) is 55.6 Å². The highest BCUT2D eigenvalue weighted by Gasteiger charge is 2.34. The summed E-state index contributed by atoms with van der Waals surface area (Å²) in [5.41, 5.74) is 3.20. The molecule has 2 aliphatic rings. The van der Waals surface area contributed by atoms with Gasteiger partial charge in [-0.2, -0.15) is 0 Å². The highest BCUT2D eigenvalue weighted by atomic mass is 35.5. The molecule has 1 aliphatic carbocycles. The lowest BCUT2D eigenvalue weighted by molar-refractivity contribution is 0.0658. The highest BCUT2D eigenvalue weighted by molar-refractivity contribution is 6.33. The Morgan fingerprint density at radius 3 is 2.58 bits per heavy atom. The summed E-state index contributed by atoms with van der Waals surface area (Å²) in [6.07, 6.45) is 6.45. The number of amides is 1. The van der Waals surface area contributed by atoms with Gasteiger partial charge >= 0.3 is 6.16 Å². The third kappa shape index (κ3) is 5.75. The Kier molecular flexibility index (Phi) is 7.79. The number of ether oxygens (including phenoxy) is 1. The minimum atomic E-state index is -1.39. The van der Waals surface area contributed by atoms with Crippen LogP contribution >= 0.6 is 11.6 Å². The van der Waals surface area contributed by atoms with Gasteiger partial charge in [-0.25, -0.2) is 9.18 Å². The van der Waals surface area contributed by atoms with Gasteiger partial charge in [0, 0.05) is 37.7 Å². The molecule has 7 nitrogen and oxygen atoms in total. The predicted octanol–water partition coefficient (Wildman–Crippen LogP) is 6.37. The van der Waals surface area contributed by atoms with Crippen molar-refractivity contribution in [1.29, 1.82) is 0 Å². The largest absolute Gasteiger partial charge is 0.511 e. The smallest absolute Gasteiger partial charge is 0.449 e. The van der Waals surface area contributed by atoms with Crippen LogP contribution in [0.2, 0.25) is 5.02 Å². The van der Waals surface area contributed by atoms with Crippen LogP contribution in [0.3, 0.4) is 0 Å². The van der Waals surface area contributed by atoms with Gasteiger partial charge in [-0.1, -0.05) is 17.7 Å². The van der Waals surface area contributed by atoms with Crippen molar-refractivity contribution in [2.24, 2.45) is 5.92 Å². The van der Waals surface area contributed by atoms with Crippen molar-refractivity contribution in [1.82, 2.24) is 9.88 Å². The Hall–Kier alpha value is -3.65. The van der Waals surface area contributed by atoms with Gasteiger partial charge in [0.15, 0.2) is 0 Å². The molecule has 2 aromatic carbocycles. The van der Waals surface area contributed by atoms with E-state index in [0.29, 0.717) is 18.9 Å². The van der Waals surface area contributed by atoms with Crippen molar-refractivity contribution in [3.8, 4) is 5.75 Å². The highest BCUT2D eigenvalue weighted by Crippen LogP contribution is 2.40. The summed E-state index contributed by atoms with van der Waals surface area (Å²) in [6, 6.07) is 12.7. The molecule has 2 heterocycles. The summed E-state index contributed by atoms with van der Waals surface area (Å²) >= 11 is 6.34. The van der Waals surface area contributed by atoms with E-state index in [1.165, 1.54) is 18.2 Å². The summed E-state index contributed by atoms with van der Waals surface area (Å²) in [7, 11) is 0. The molecule has 0 bridgehead atoms. The molecule has 0 spiro atoms. The molecule has 1 aliphatic heterocycles. The molecule has 1 amide bonds. The number of aryl methyl sites for hydroxylation is 1. The van der Waals surface area contributed by atoms with Gasteiger partial charge in [-0.3, -0.25) is 9.78 Å². The summed E-state index contributed by atoms with van der Waals surface area (Å²) in [6.45, 7) is 2.35. The second-order valence-electron chi connectivity index (χ2n) is 9.83.